The van der Waals surface area contributed by atoms with Gasteiger partial charge in [0, 0.05) is 36.0 Å². The molecule has 1 N–H and O–H groups in total. The Bertz CT molecular complexity index is 572. The number of nitrogens with zero attached hydrogens (tertiary/aromatic N) is 1. The van der Waals surface area contributed by atoms with Gasteiger partial charge < -0.3 is 14.8 Å². The van der Waals surface area contributed by atoms with E-state index in [1.165, 1.54) is 5.56 Å². The summed E-state index contributed by atoms with van der Waals surface area (Å²) in [6, 6.07) is 6.44. The largest absolute Gasteiger partial charge is 0.497 e. The van der Waals surface area contributed by atoms with Crippen LogP contribution in [-0.2, 0) is 6.42 Å². The van der Waals surface area contributed by atoms with Crippen LogP contribution in [0.4, 0.5) is 0 Å². The summed E-state index contributed by atoms with van der Waals surface area (Å²) in [5.41, 5.74) is 4.27. The molecule has 2 aromatic rings. The summed E-state index contributed by atoms with van der Waals surface area (Å²) >= 11 is 1.65. The minimum atomic E-state index is 0.340. The summed E-state index contributed by atoms with van der Waals surface area (Å²) in [6.07, 6.45) is 3.12. The van der Waals surface area contributed by atoms with Crippen LogP contribution in [0.2, 0.25) is 0 Å². The van der Waals surface area contributed by atoms with Crippen LogP contribution in [0.1, 0.15) is 30.1 Å². The van der Waals surface area contributed by atoms with E-state index in [0.29, 0.717) is 6.04 Å². The number of nitrogens with one attached hydrogen (secondary N) is 1. The molecule has 112 valence electrons. The number of methoxy groups -OCH3 is 1. The fourth-order valence-corrected chi connectivity index (χ4v) is 3.22. The molecule has 0 fully saturated rings. The van der Waals surface area contributed by atoms with Crippen molar-refractivity contribution in [3.8, 4) is 11.5 Å². The van der Waals surface area contributed by atoms with Crippen LogP contribution in [0.25, 0.3) is 0 Å². The number of aromatic nitrogens is 1. The van der Waals surface area contributed by atoms with Crippen LogP contribution in [0.15, 0.2) is 29.1 Å². The van der Waals surface area contributed by atoms with Gasteiger partial charge in [0.05, 0.1) is 24.9 Å². The van der Waals surface area contributed by atoms with Gasteiger partial charge in [-0.2, -0.15) is 0 Å². The first kappa shape index (κ1) is 14.4. The van der Waals surface area contributed by atoms with Crippen molar-refractivity contribution < 1.29 is 9.47 Å². The van der Waals surface area contributed by atoms with Crippen LogP contribution in [0, 0.1) is 0 Å². The third-order valence-electron chi connectivity index (χ3n) is 3.75. The predicted molar refractivity (Wildman–Crippen MR) is 84.3 cm³/mol. The van der Waals surface area contributed by atoms with Crippen molar-refractivity contribution in [1.29, 1.82) is 0 Å². The van der Waals surface area contributed by atoms with Gasteiger partial charge in [-0.25, -0.2) is 4.98 Å². The Kier molecular flexibility index (Phi) is 4.72. The number of ether oxygens (including phenoxy) is 2. The van der Waals surface area contributed by atoms with E-state index in [1.807, 2.05) is 17.6 Å². The lowest BCUT2D eigenvalue weighted by Gasteiger charge is -2.18. The third-order valence-corrected chi connectivity index (χ3v) is 4.38. The molecule has 1 atom stereocenters. The van der Waals surface area contributed by atoms with Gasteiger partial charge in [0.15, 0.2) is 0 Å². The third kappa shape index (κ3) is 3.54. The molecule has 0 radical (unpaired) electrons. The summed E-state index contributed by atoms with van der Waals surface area (Å²) in [4.78, 5) is 4.32. The minimum absolute atomic E-state index is 0.340. The molecule has 21 heavy (non-hydrogen) atoms. The van der Waals surface area contributed by atoms with Crippen molar-refractivity contribution in [2.24, 2.45) is 0 Å². The molecule has 1 aliphatic rings. The first-order valence-corrected chi connectivity index (χ1v) is 8.22. The highest BCUT2D eigenvalue weighted by Crippen LogP contribution is 2.34. The Morgan fingerprint density at radius 2 is 2.43 bits per heavy atom. The summed E-state index contributed by atoms with van der Waals surface area (Å²) < 4.78 is 11.1. The summed E-state index contributed by atoms with van der Waals surface area (Å²) in [7, 11) is 1.68. The van der Waals surface area contributed by atoms with Crippen molar-refractivity contribution in [3.05, 3.63) is 40.3 Å². The average molecular weight is 304 g/mol. The fraction of sp³-hybridized carbons (Fsp3) is 0.438. The molecule has 0 spiro atoms. The summed E-state index contributed by atoms with van der Waals surface area (Å²) in [6.45, 7) is 1.70. The van der Waals surface area contributed by atoms with Crippen molar-refractivity contribution in [3.63, 3.8) is 0 Å². The van der Waals surface area contributed by atoms with Crippen LogP contribution in [0.3, 0.4) is 0 Å². The second kappa shape index (κ2) is 6.91. The van der Waals surface area contributed by atoms with E-state index in [2.05, 4.69) is 21.7 Å². The zero-order valence-electron chi connectivity index (χ0n) is 12.2. The number of rotatable bonds is 5. The molecule has 0 bridgehead atoms. The lowest BCUT2D eigenvalue weighted by molar-refractivity contribution is 0.313. The highest BCUT2D eigenvalue weighted by Gasteiger charge is 2.19. The highest BCUT2D eigenvalue weighted by atomic mass is 32.1. The number of benzene rings is 1. The van der Waals surface area contributed by atoms with Gasteiger partial charge in [0.1, 0.15) is 11.5 Å². The number of fused-ring (bicyclic) bond motifs is 1. The lowest BCUT2D eigenvalue weighted by Crippen LogP contribution is -2.23. The van der Waals surface area contributed by atoms with Gasteiger partial charge in [-0.15, -0.1) is 11.3 Å². The molecule has 4 nitrogen and oxygen atoms in total. The Balaban J connectivity index is 1.68. The van der Waals surface area contributed by atoms with Gasteiger partial charge in [-0.3, -0.25) is 0 Å². The fourth-order valence-electron chi connectivity index (χ4n) is 2.63. The van der Waals surface area contributed by atoms with Gasteiger partial charge in [-0.1, -0.05) is 6.07 Å². The van der Waals surface area contributed by atoms with Crippen LogP contribution in [-0.4, -0.2) is 25.2 Å². The topological polar surface area (TPSA) is 43.4 Å². The Hall–Kier alpha value is -1.59. The molecular weight excluding hydrogens is 284 g/mol. The molecule has 0 amide bonds. The SMILES string of the molecule is COc1ccc2c(c1)OCCCC2NCCc1cscn1. The average Bonchev–Trinajstić information content (AvgIpc) is 2.95. The van der Waals surface area contributed by atoms with E-state index in [4.69, 9.17) is 9.47 Å². The second-order valence-corrected chi connectivity index (χ2v) is 5.85. The molecule has 3 rings (SSSR count). The highest BCUT2D eigenvalue weighted by molar-refractivity contribution is 7.07. The van der Waals surface area contributed by atoms with Crippen molar-refractivity contribution in [1.82, 2.24) is 10.3 Å². The first-order chi connectivity index (χ1) is 10.4. The molecule has 1 aliphatic heterocycles. The maximum atomic E-state index is 5.84. The lowest BCUT2D eigenvalue weighted by atomic mass is 10.0. The summed E-state index contributed by atoms with van der Waals surface area (Å²) in [5, 5.41) is 5.75. The molecule has 2 heterocycles. The van der Waals surface area contributed by atoms with E-state index in [1.54, 1.807) is 18.4 Å². The molecule has 1 aromatic heterocycles. The van der Waals surface area contributed by atoms with Gasteiger partial charge >= 0.3 is 0 Å². The smallest absolute Gasteiger partial charge is 0.127 e. The summed E-state index contributed by atoms with van der Waals surface area (Å²) in [5.74, 6) is 1.79. The zero-order chi connectivity index (χ0) is 14.5. The van der Waals surface area contributed by atoms with Crippen LogP contribution < -0.4 is 14.8 Å². The molecule has 0 aliphatic carbocycles. The number of thiazole rings is 1. The van der Waals surface area contributed by atoms with Gasteiger partial charge in [-0.05, 0) is 18.9 Å². The zero-order valence-corrected chi connectivity index (χ0v) is 13.0. The quantitative estimate of drug-likeness (QED) is 0.921. The van der Waals surface area contributed by atoms with Crippen molar-refractivity contribution in [2.45, 2.75) is 25.3 Å². The molecule has 0 saturated heterocycles. The van der Waals surface area contributed by atoms with Gasteiger partial charge in [0.25, 0.3) is 0 Å². The van der Waals surface area contributed by atoms with E-state index in [9.17, 15) is 0 Å². The second-order valence-electron chi connectivity index (χ2n) is 5.13. The number of hydrogen-bond donors (Lipinski definition) is 1. The standard InChI is InChI=1S/C16H20N2O2S/c1-19-13-4-5-14-15(3-2-8-20-16(14)9-13)17-7-6-12-10-21-11-18-12/h4-5,9-11,15,17H,2-3,6-8H2,1H3. The van der Waals surface area contributed by atoms with E-state index in [-0.39, 0.29) is 0 Å². The van der Waals surface area contributed by atoms with Crippen molar-refractivity contribution >= 4 is 11.3 Å². The molecular formula is C16H20N2O2S. The minimum Gasteiger partial charge on any atom is -0.497 e. The molecule has 0 saturated carbocycles. The molecule has 1 unspecified atom stereocenters. The van der Waals surface area contributed by atoms with Crippen molar-refractivity contribution in [2.75, 3.05) is 20.3 Å². The van der Waals surface area contributed by atoms with E-state index >= 15 is 0 Å². The van der Waals surface area contributed by atoms with E-state index in [0.717, 1.165) is 49.6 Å². The number of hydrogen-bond acceptors (Lipinski definition) is 5. The Labute approximate surface area is 129 Å². The Morgan fingerprint density at radius 1 is 1.48 bits per heavy atom. The predicted octanol–water partition coefficient (Wildman–Crippen LogP) is 3.20. The first-order valence-electron chi connectivity index (χ1n) is 7.28. The van der Waals surface area contributed by atoms with Gasteiger partial charge in [0.2, 0.25) is 0 Å². The van der Waals surface area contributed by atoms with Crippen LogP contribution in [0.5, 0.6) is 11.5 Å². The normalized spacial score (nSPS) is 17.7. The molecule has 5 heteroatoms. The maximum absolute atomic E-state index is 5.84. The maximum Gasteiger partial charge on any atom is 0.127 e. The van der Waals surface area contributed by atoms with E-state index < -0.39 is 0 Å². The van der Waals surface area contributed by atoms with Crippen LogP contribution >= 0.6 is 11.3 Å². The monoisotopic (exact) mass is 304 g/mol. The molecule has 1 aromatic carbocycles. The Morgan fingerprint density at radius 3 is 3.24 bits per heavy atom.